The number of aromatic nitrogens is 4. The molecule has 0 N–H and O–H groups in total. The molecule has 10 heteroatoms. The molecule has 0 aliphatic carbocycles. The fraction of sp³-hybridized carbons (Fsp3) is 0.375. The third-order valence-electron chi connectivity index (χ3n) is 2.32. The van der Waals surface area contributed by atoms with E-state index in [0.29, 0.717) is 11.2 Å². The molecular formula is C8H10Cl3N4O2Pt-. The molecule has 0 spiro atoms. The predicted octanol–water partition coefficient (Wildman–Crippen LogP) is 1.04. The van der Waals surface area contributed by atoms with Gasteiger partial charge in [0.2, 0.25) is 0 Å². The molecule has 0 amide bonds. The second kappa shape index (κ2) is 6.24. The van der Waals surface area contributed by atoms with E-state index in [1.165, 1.54) is 17.9 Å². The Bertz CT molecular complexity index is 673. The van der Waals surface area contributed by atoms with Crippen molar-refractivity contribution in [2.45, 2.75) is 0 Å². The van der Waals surface area contributed by atoms with Gasteiger partial charge in [0, 0.05) is 21.1 Å². The second-order valence-electron chi connectivity index (χ2n) is 3.37. The Balaban J connectivity index is 0.000000357. The summed E-state index contributed by atoms with van der Waals surface area (Å²) >= 11 is -1.85. The fourth-order valence-electron chi connectivity index (χ4n) is 1.47. The standard InChI is InChI=1S/C8H10N4O2.3ClH.Pt/c1-10-4-9-6-5(10)7(13)12(3)8(14)11(6)2;;;;/h4H,1-3H3;3*1H;/q;;;;+2/p-3. The molecule has 106 valence electrons. The van der Waals surface area contributed by atoms with E-state index < -0.39 is 14.2 Å². The molecule has 0 saturated heterocycles. The number of hydrogen-bond donors (Lipinski definition) is 0. The molecule has 2 rings (SSSR count). The molecule has 2 aromatic heterocycles. The molecule has 0 aromatic carbocycles. The van der Waals surface area contributed by atoms with Gasteiger partial charge in [-0.2, -0.15) is 0 Å². The average molecular weight is 496 g/mol. The summed E-state index contributed by atoms with van der Waals surface area (Å²) in [6, 6.07) is 0. The van der Waals surface area contributed by atoms with Crippen molar-refractivity contribution in [1.82, 2.24) is 18.7 Å². The topological polar surface area (TPSA) is 61.8 Å². The first kappa shape index (κ1) is 15.8. The van der Waals surface area contributed by atoms with Crippen molar-refractivity contribution in [1.29, 1.82) is 0 Å². The van der Waals surface area contributed by atoms with Crippen molar-refractivity contribution < 1.29 is 14.2 Å². The van der Waals surface area contributed by atoms with Crippen LogP contribution in [-0.4, -0.2) is 18.7 Å². The number of imidazole rings is 1. The summed E-state index contributed by atoms with van der Waals surface area (Å²) in [5, 5.41) is 0. The number of aryl methyl sites for hydroxylation is 2. The van der Waals surface area contributed by atoms with E-state index in [0.717, 1.165) is 4.57 Å². The van der Waals surface area contributed by atoms with E-state index in [2.05, 4.69) is 4.98 Å². The van der Waals surface area contributed by atoms with Gasteiger partial charge in [-0.1, -0.05) is 0 Å². The molecule has 0 atom stereocenters. The van der Waals surface area contributed by atoms with Crippen molar-refractivity contribution in [3.8, 4) is 0 Å². The van der Waals surface area contributed by atoms with Crippen LogP contribution in [0, 0.1) is 0 Å². The monoisotopic (exact) mass is 494 g/mol. The Morgan fingerprint density at radius 2 is 1.61 bits per heavy atom. The van der Waals surface area contributed by atoms with Crippen LogP contribution in [0.2, 0.25) is 0 Å². The van der Waals surface area contributed by atoms with Crippen LogP contribution in [0.15, 0.2) is 15.9 Å². The molecule has 0 fully saturated rings. The molecule has 18 heavy (non-hydrogen) atoms. The molecule has 0 bridgehead atoms. The predicted molar refractivity (Wildman–Crippen MR) is 68.8 cm³/mol. The molecule has 0 saturated carbocycles. The van der Waals surface area contributed by atoms with Gasteiger partial charge in [0.15, 0.2) is 11.2 Å². The van der Waals surface area contributed by atoms with Gasteiger partial charge in [-0.3, -0.25) is 13.9 Å². The molecule has 6 nitrogen and oxygen atoms in total. The van der Waals surface area contributed by atoms with Gasteiger partial charge in [0.25, 0.3) is 5.56 Å². The Kier molecular flexibility index (Phi) is 5.46. The zero-order valence-corrected chi connectivity index (χ0v) is 14.2. The van der Waals surface area contributed by atoms with Gasteiger partial charge in [0.05, 0.1) is 6.33 Å². The van der Waals surface area contributed by atoms with Gasteiger partial charge in [-0.25, -0.2) is 9.78 Å². The van der Waals surface area contributed by atoms with E-state index in [1.54, 1.807) is 18.7 Å². The average Bonchev–Trinajstić information content (AvgIpc) is 2.65. The first-order chi connectivity index (χ1) is 8.27. The minimum atomic E-state index is -1.85. The Hall–Kier alpha value is -0.292. The van der Waals surface area contributed by atoms with E-state index in [-0.39, 0.29) is 11.2 Å². The van der Waals surface area contributed by atoms with Crippen LogP contribution < -0.4 is 11.2 Å². The number of rotatable bonds is 0. The summed E-state index contributed by atoms with van der Waals surface area (Å²) in [4.78, 5) is 27.2. The quantitative estimate of drug-likeness (QED) is 0.549. The Morgan fingerprint density at radius 3 is 2.11 bits per heavy atom. The summed E-state index contributed by atoms with van der Waals surface area (Å²) in [6.07, 6.45) is 1.52. The zero-order chi connectivity index (χ0) is 14.0. The summed E-state index contributed by atoms with van der Waals surface area (Å²) < 4.78 is 4.04. The first-order valence-electron chi connectivity index (χ1n) is 4.47. The fourth-order valence-corrected chi connectivity index (χ4v) is 1.47. The zero-order valence-electron chi connectivity index (χ0n) is 9.63. The van der Waals surface area contributed by atoms with Crippen molar-refractivity contribution in [2.75, 3.05) is 0 Å². The SMILES string of the molecule is Cn1c(=O)c2c(ncn2C)n(C)c1=O.[Cl][Pt-]([Cl])[Cl]. The Morgan fingerprint density at radius 1 is 1.11 bits per heavy atom. The maximum atomic E-state index is 11.7. The third-order valence-corrected chi connectivity index (χ3v) is 2.32. The molecule has 0 aliphatic heterocycles. The summed E-state index contributed by atoms with van der Waals surface area (Å²) in [7, 11) is 19.7. The van der Waals surface area contributed by atoms with Crippen LogP contribution >= 0.6 is 28.3 Å². The van der Waals surface area contributed by atoms with Gasteiger partial charge >= 0.3 is 48.1 Å². The molecule has 0 radical (unpaired) electrons. The summed E-state index contributed by atoms with van der Waals surface area (Å²) in [6.45, 7) is 0. The van der Waals surface area contributed by atoms with Crippen LogP contribution in [0.1, 0.15) is 0 Å². The molecule has 0 aliphatic rings. The number of halogens is 3. The summed E-state index contributed by atoms with van der Waals surface area (Å²) in [5.74, 6) is 0. The van der Waals surface area contributed by atoms with Gasteiger partial charge in [-0.15, -0.1) is 0 Å². The third kappa shape index (κ3) is 3.18. The first-order valence-corrected chi connectivity index (χ1v) is 12.9. The van der Waals surface area contributed by atoms with Crippen LogP contribution in [0.5, 0.6) is 0 Å². The van der Waals surface area contributed by atoms with Crippen molar-refractivity contribution in [3.63, 3.8) is 0 Å². The van der Waals surface area contributed by atoms with Gasteiger partial charge < -0.3 is 4.57 Å². The van der Waals surface area contributed by atoms with Crippen LogP contribution in [-0.2, 0) is 35.3 Å². The maximum absolute atomic E-state index is 11.7. The van der Waals surface area contributed by atoms with E-state index >= 15 is 0 Å². The van der Waals surface area contributed by atoms with E-state index in [1.807, 2.05) is 0 Å². The summed E-state index contributed by atoms with van der Waals surface area (Å²) in [5.41, 5.74) is 0.180. The Labute approximate surface area is 120 Å². The minimum absolute atomic E-state index is 0.317. The molecule has 0 unspecified atom stereocenters. The van der Waals surface area contributed by atoms with Crippen LogP contribution in [0.3, 0.4) is 0 Å². The molecule has 2 heterocycles. The number of hydrogen-bond acceptors (Lipinski definition) is 3. The van der Waals surface area contributed by atoms with Crippen molar-refractivity contribution in [2.24, 2.45) is 21.1 Å². The van der Waals surface area contributed by atoms with Gasteiger partial charge in [-0.05, 0) is 0 Å². The van der Waals surface area contributed by atoms with Gasteiger partial charge in [0.1, 0.15) is 0 Å². The normalized spacial score (nSPS) is 11.1. The van der Waals surface area contributed by atoms with Crippen LogP contribution in [0.25, 0.3) is 11.2 Å². The van der Waals surface area contributed by atoms with Crippen LogP contribution in [0.4, 0.5) is 0 Å². The van der Waals surface area contributed by atoms with Crippen molar-refractivity contribution >= 4 is 39.4 Å². The molecular weight excluding hydrogens is 486 g/mol. The van der Waals surface area contributed by atoms with E-state index in [4.69, 9.17) is 28.3 Å². The number of nitrogens with zero attached hydrogens (tertiary/aromatic N) is 4. The second-order valence-corrected chi connectivity index (χ2v) is 13.2. The van der Waals surface area contributed by atoms with Crippen molar-refractivity contribution in [3.05, 3.63) is 27.2 Å². The number of fused-ring (bicyclic) bond motifs is 1. The molecule has 2 aromatic rings. The van der Waals surface area contributed by atoms with E-state index in [9.17, 15) is 9.59 Å².